The number of nitrogens with two attached hydrogens (primary N) is 1. The van der Waals surface area contributed by atoms with Crippen LogP contribution in [0.1, 0.15) is 45.4 Å². The largest absolute Gasteiger partial charge is 0.312 e. The van der Waals surface area contributed by atoms with Gasteiger partial charge in [-0.15, -0.1) is 0 Å². The van der Waals surface area contributed by atoms with Crippen LogP contribution in [0.15, 0.2) is 35.3 Å². The molecule has 0 aromatic heterocycles. The van der Waals surface area contributed by atoms with E-state index in [1.807, 2.05) is 6.07 Å². The Morgan fingerprint density at radius 1 is 1.30 bits per heavy atom. The lowest BCUT2D eigenvalue weighted by Crippen LogP contribution is -2.46. The van der Waals surface area contributed by atoms with E-state index < -0.39 is 0 Å². The van der Waals surface area contributed by atoms with Crippen LogP contribution in [-0.4, -0.2) is 18.5 Å². The summed E-state index contributed by atoms with van der Waals surface area (Å²) in [6, 6.07) is 10.8. The van der Waals surface area contributed by atoms with Gasteiger partial charge in [-0.05, 0) is 31.4 Å². The summed E-state index contributed by atoms with van der Waals surface area (Å²) in [4.78, 5) is 7.03. The third-order valence-corrected chi connectivity index (χ3v) is 3.82. The number of hydrogen-bond acceptors (Lipinski definition) is 2. The summed E-state index contributed by atoms with van der Waals surface area (Å²) in [7, 11) is 0. The number of aliphatic imine (C=N–C) groups is 1. The summed E-state index contributed by atoms with van der Waals surface area (Å²) in [5.74, 6) is 6.54. The molecule has 1 fully saturated rings. The zero-order valence-corrected chi connectivity index (χ0v) is 12.4. The SMILES string of the molecule is CCCCN(C(=NC1CCCC1)NN)c1ccccc1. The molecule has 1 aromatic carbocycles. The molecule has 4 heteroatoms. The Hall–Kier alpha value is -1.55. The smallest absolute Gasteiger partial charge is 0.213 e. The first-order valence-corrected chi connectivity index (χ1v) is 7.72. The molecule has 0 unspecified atom stereocenters. The quantitative estimate of drug-likeness (QED) is 0.375. The van der Waals surface area contributed by atoms with E-state index in [1.165, 1.54) is 25.7 Å². The van der Waals surface area contributed by atoms with Gasteiger partial charge >= 0.3 is 0 Å². The van der Waals surface area contributed by atoms with E-state index >= 15 is 0 Å². The molecule has 1 aliphatic carbocycles. The van der Waals surface area contributed by atoms with Crippen LogP contribution in [0.4, 0.5) is 5.69 Å². The Labute approximate surface area is 122 Å². The van der Waals surface area contributed by atoms with Gasteiger partial charge < -0.3 is 4.90 Å². The van der Waals surface area contributed by atoms with Crippen LogP contribution in [-0.2, 0) is 0 Å². The van der Waals surface area contributed by atoms with Crippen molar-refractivity contribution in [3.05, 3.63) is 30.3 Å². The van der Waals surface area contributed by atoms with Gasteiger partial charge in [-0.3, -0.25) is 5.43 Å². The van der Waals surface area contributed by atoms with Gasteiger partial charge in [0.1, 0.15) is 0 Å². The summed E-state index contributed by atoms with van der Waals surface area (Å²) in [6.07, 6.45) is 7.21. The van der Waals surface area contributed by atoms with E-state index in [9.17, 15) is 0 Å². The van der Waals surface area contributed by atoms with E-state index in [4.69, 9.17) is 10.8 Å². The van der Waals surface area contributed by atoms with Crippen molar-refractivity contribution in [2.24, 2.45) is 10.8 Å². The number of nitrogens with one attached hydrogen (secondary N) is 1. The number of hydrogen-bond donors (Lipinski definition) is 2. The second kappa shape index (κ2) is 7.90. The first-order chi connectivity index (χ1) is 9.85. The number of benzene rings is 1. The first-order valence-electron chi connectivity index (χ1n) is 7.72. The molecule has 1 saturated carbocycles. The van der Waals surface area contributed by atoms with Crippen molar-refractivity contribution in [3.63, 3.8) is 0 Å². The van der Waals surface area contributed by atoms with Crippen molar-refractivity contribution >= 4 is 11.6 Å². The van der Waals surface area contributed by atoms with Crippen molar-refractivity contribution in [2.75, 3.05) is 11.4 Å². The van der Waals surface area contributed by atoms with Crippen LogP contribution in [0.3, 0.4) is 0 Å². The summed E-state index contributed by atoms with van der Waals surface area (Å²) in [5, 5.41) is 0. The second-order valence-corrected chi connectivity index (χ2v) is 5.38. The van der Waals surface area contributed by atoms with Crippen molar-refractivity contribution < 1.29 is 0 Å². The van der Waals surface area contributed by atoms with E-state index in [0.717, 1.165) is 31.0 Å². The molecule has 1 aliphatic rings. The Balaban J connectivity index is 2.18. The molecule has 0 heterocycles. The molecule has 2 rings (SSSR count). The minimum Gasteiger partial charge on any atom is -0.312 e. The number of hydrazine groups is 1. The highest BCUT2D eigenvalue weighted by molar-refractivity contribution is 5.95. The monoisotopic (exact) mass is 274 g/mol. The lowest BCUT2D eigenvalue weighted by Gasteiger charge is -2.26. The lowest BCUT2D eigenvalue weighted by molar-refractivity contribution is 0.689. The van der Waals surface area contributed by atoms with Crippen molar-refractivity contribution in [1.82, 2.24) is 5.43 Å². The average Bonchev–Trinajstić information content (AvgIpc) is 3.00. The van der Waals surface area contributed by atoms with Crippen LogP contribution in [0, 0.1) is 0 Å². The predicted molar refractivity (Wildman–Crippen MR) is 85.7 cm³/mol. The van der Waals surface area contributed by atoms with Gasteiger partial charge in [0.25, 0.3) is 0 Å². The molecular formula is C16H26N4. The average molecular weight is 274 g/mol. The fourth-order valence-electron chi connectivity index (χ4n) is 2.67. The molecule has 0 amide bonds. The Morgan fingerprint density at radius 2 is 2.00 bits per heavy atom. The molecule has 0 bridgehead atoms. The van der Waals surface area contributed by atoms with E-state index in [2.05, 4.69) is 41.5 Å². The minimum absolute atomic E-state index is 0.425. The number of guanidine groups is 1. The molecule has 0 saturated heterocycles. The van der Waals surface area contributed by atoms with Crippen molar-refractivity contribution in [3.8, 4) is 0 Å². The van der Waals surface area contributed by atoms with Crippen LogP contribution >= 0.6 is 0 Å². The number of para-hydroxylation sites is 1. The predicted octanol–water partition coefficient (Wildman–Crippen LogP) is 3.06. The second-order valence-electron chi connectivity index (χ2n) is 5.38. The van der Waals surface area contributed by atoms with Gasteiger partial charge in [-0.25, -0.2) is 10.8 Å². The van der Waals surface area contributed by atoms with E-state index in [1.54, 1.807) is 0 Å². The van der Waals surface area contributed by atoms with Gasteiger partial charge in [-0.2, -0.15) is 0 Å². The maximum Gasteiger partial charge on any atom is 0.213 e. The van der Waals surface area contributed by atoms with Crippen molar-refractivity contribution in [2.45, 2.75) is 51.5 Å². The third-order valence-electron chi connectivity index (χ3n) is 3.82. The number of nitrogens with zero attached hydrogens (tertiary/aromatic N) is 2. The third kappa shape index (κ3) is 3.97. The van der Waals surface area contributed by atoms with Gasteiger partial charge in [0.15, 0.2) is 0 Å². The summed E-state index contributed by atoms with van der Waals surface area (Å²) in [6.45, 7) is 3.14. The summed E-state index contributed by atoms with van der Waals surface area (Å²) >= 11 is 0. The highest BCUT2D eigenvalue weighted by Gasteiger charge is 2.18. The first kappa shape index (κ1) is 14.9. The van der Waals surface area contributed by atoms with Gasteiger partial charge in [0.05, 0.1) is 6.04 Å². The summed E-state index contributed by atoms with van der Waals surface area (Å²) < 4.78 is 0. The maximum absolute atomic E-state index is 5.74. The minimum atomic E-state index is 0.425. The topological polar surface area (TPSA) is 53.6 Å². The zero-order valence-electron chi connectivity index (χ0n) is 12.4. The highest BCUT2D eigenvalue weighted by Crippen LogP contribution is 2.22. The molecule has 1 aromatic rings. The standard InChI is InChI=1S/C16H26N4/c1-2-3-13-20(15-11-5-4-6-12-15)16(19-17)18-14-9-7-8-10-14/h4-6,11-12,14H,2-3,7-10,13,17H2,1H3,(H,18,19). The highest BCUT2D eigenvalue weighted by atomic mass is 15.4. The van der Waals surface area contributed by atoms with E-state index in [0.29, 0.717) is 6.04 Å². The summed E-state index contributed by atoms with van der Waals surface area (Å²) in [5.41, 5.74) is 3.96. The fourth-order valence-corrected chi connectivity index (χ4v) is 2.67. The number of rotatable bonds is 5. The van der Waals surface area contributed by atoms with Crippen molar-refractivity contribution in [1.29, 1.82) is 0 Å². The molecule has 3 N–H and O–H groups in total. The molecule has 20 heavy (non-hydrogen) atoms. The number of unbranched alkanes of at least 4 members (excludes halogenated alkanes) is 1. The number of anilines is 1. The Kier molecular flexibility index (Phi) is 5.87. The molecule has 0 spiro atoms. The maximum atomic E-state index is 5.74. The van der Waals surface area contributed by atoms with Gasteiger partial charge in [0, 0.05) is 12.2 Å². The molecule has 110 valence electrons. The molecule has 0 atom stereocenters. The molecular weight excluding hydrogens is 248 g/mol. The van der Waals surface area contributed by atoms with Crippen LogP contribution < -0.4 is 16.2 Å². The molecule has 0 aliphatic heterocycles. The lowest BCUT2D eigenvalue weighted by atomic mass is 10.2. The molecule has 4 nitrogen and oxygen atoms in total. The Morgan fingerprint density at radius 3 is 2.60 bits per heavy atom. The van der Waals surface area contributed by atoms with Crippen LogP contribution in [0.25, 0.3) is 0 Å². The Bertz CT molecular complexity index is 410. The van der Waals surface area contributed by atoms with Gasteiger partial charge in [0.2, 0.25) is 5.96 Å². The van der Waals surface area contributed by atoms with Crippen LogP contribution in [0.2, 0.25) is 0 Å². The van der Waals surface area contributed by atoms with E-state index in [-0.39, 0.29) is 0 Å². The van der Waals surface area contributed by atoms with Gasteiger partial charge in [-0.1, -0.05) is 44.4 Å². The zero-order chi connectivity index (χ0) is 14.2. The fraction of sp³-hybridized carbons (Fsp3) is 0.562. The normalized spacial score (nSPS) is 16.4. The van der Waals surface area contributed by atoms with Crippen LogP contribution in [0.5, 0.6) is 0 Å². The molecule has 0 radical (unpaired) electrons.